The van der Waals surface area contributed by atoms with Gasteiger partial charge < -0.3 is 9.47 Å². The molecule has 0 aliphatic carbocycles. The van der Waals surface area contributed by atoms with E-state index in [4.69, 9.17) is 9.47 Å². The van der Waals surface area contributed by atoms with Crippen molar-refractivity contribution in [2.24, 2.45) is 0 Å². The van der Waals surface area contributed by atoms with E-state index in [9.17, 15) is 0 Å². The Balaban J connectivity index is 1.88. The minimum Gasteiger partial charge on any atom is -0.349 e. The fourth-order valence-electron chi connectivity index (χ4n) is 2.10. The van der Waals surface area contributed by atoms with Gasteiger partial charge in [-0.05, 0) is 26.3 Å². The monoisotopic (exact) mass is 249 g/mol. The maximum absolute atomic E-state index is 5.69. The van der Waals surface area contributed by atoms with Crippen LogP contribution >= 0.6 is 0 Å². The van der Waals surface area contributed by atoms with Crippen molar-refractivity contribution in [3.8, 4) is 0 Å². The third-order valence-electron chi connectivity index (χ3n) is 3.24. The second kappa shape index (κ2) is 5.83. The molecule has 0 atom stereocenters. The first-order chi connectivity index (χ1) is 8.55. The summed E-state index contributed by atoms with van der Waals surface area (Å²) in [6, 6.07) is 8.71. The number of hydrogen-bond donors (Lipinski definition) is 0. The first-order valence-corrected chi connectivity index (χ1v) is 6.61. The smallest absolute Gasteiger partial charge is 0.162 e. The van der Waals surface area contributed by atoms with E-state index in [-0.39, 0.29) is 0 Å². The van der Waals surface area contributed by atoms with Crippen LogP contribution in [0, 0.1) is 6.92 Å². The Morgan fingerprint density at radius 3 is 2.17 bits per heavy atom. The van der Waals surface area contributed by atoms with Crippen LogP contribution in [0.25, 0.3) is 0 Å². The fourth-order valence-corrected chi connectivity index (χ4v) is 2.10. The van der Waals surface area contributed by atoms with E-state index >= 15 is 0 Å². The second-order valence-corrected chi connectivity index (χ2v) is 5.36. The van der Waals surface area contributed by atoms with Gasteiger partial charge in [0.15, 0.2) is 5.79 Å². The first kappa shape index (κ1) is 13.5. The summed E-state index contributed by atoms with van der Waals surface area (Å²) >= 11 is 0. The lowest BCUT2D eigenvalue weighted by atomic mass is 10.1. The van der Waals surface area contributed by atoms with Gasteiger partial charge in [-0.2, -0.15) is 0 Å². The van der Waals surface area contributed by atoms with E-state index in [1.807, 2.05) is 13.8 Å². The fraction of sp³-hybridized carbons (Fsp3) is 0.600. The Kier molecular flexibility index (Phi) is 4.38. The van der Waals surface area contributed by atoms with E-state index in [2.05, 4.69) is 36.1 Å². The predicted octanol–water partition coefficient (Wildman–Crippen LogP) is 2.58. The van der Waals surface area contributed by atoms with Crippen molar-refractivity contribution in [1.82, 2.24) is 4.90 Å². The normalized spacial score (nSPS) is 21.3. The number of nitrogens with zero attached hydrogens (tertiary/aromatic N) is 1. The topological polar surface area (TPSA) is 21.7 Å². The average molecular weight is 249 g/mol. The van der Waals surface area contributed by atoms with E-state index in [1.165, 1.54) is 11.1 Å². The second-order valence-electron chi connectivity index (χ2n) is 5.36. The molecule has 2 rings (SSSR count). The molecule has 1 aromatic carbocycles. The molecule has 0 spiro atoms. The molecule has 0 N–H and O–H groups in total. The van der Waals surface area contributed by atoms with Crippen molar-refractivity contribution < 1.29 is 9.47 Å². The maximum Gasteiger partial charge on any atom is 0.162 e. The number of benzene rings is 1. The third kappa shape index (κ3) is 4.09. The lowest BCUT2D eigenvalue weighted by Gasteiger charge is -2.32. The largest absolute Gasteiger partial charge is 0.349 e. The van der Waals surface area contributed by atoms with Gasteiger partial charge in [0.2, 0.25) is 0 Å². The van der Waals surface area contributed by atoms with Crippen LogP contribution in [0.3, 0.4) is 0 Å². The van der Waals surface area contributed by atoms with E-state index in [0.29, 0.717) is 0 Å². The first-order valence-electron chi connectivity index (χ1n) is 6.61. The summed E-state index contributed by atoms with van der Waals surface area (Å²) in [7, 11) is 0. The molecule has 18 heavy (non-hydrogen) atoms. The lowest BCUT2D eigenvalue weighted by molar-refractivity contribution is -0.226. The SMILES string of the molecule is Cc1ccc(CN2CCOC(C)(C)OCC2)cc1. The number of aryl methyl sites for hydroxylation is 1. The predicted molar refractivity (Wildman–Crippen MR) is 72.4 cm³/mol. The average Bonchev–Trinajstić information content (AvgIpc) is 2.29. The van der Waals surface area contributed by atoms with Crippen LogP contribution in [0.2, 0.25) is 0 Å². The molecule has 0 aromatic heterocycles. The number of hydrogen-bond acceptors (Lipinski definition) is 3. The summed E-state index contributed by atoms with van der Waals surface area (Å²) in [6.07, 6.45) is 0. The van der Waals surface area contributed by atoms with Crippen LogP contribution in [-0.4, -0.2) is 37.0 Å². The molecule has 1 saturated heterocycles. The van der Waals surface area contributed by atoms with Gasteiger partial charge in [-0.3, -0.25) is 4.90 Å². The van der Waals surface area contributed by atoms with Crippen molar-refractivity contribution in [3.05, 3.63) is 35.4 Å². The molecule has 0 bridgehead atoms. The van der Waals surface area contributed by atoms with Crippen LogP contribution in [0.15, 0.2) is 24.3 Å². The molecule has 0 radical (unpaired) electrons. The van der Waals surface area contributed by atoms with Crippen LogP contribution < -0.4 is 0 Å². The van der Waals surface area contributed by atoms with Gasteiger partial charge in [-0.1, -0.05) is 29.8 Å². The number of rotatable bonds is 2. The highest BCUT2D eigenvalue weighted by atomic mass is 16.7. The molecular weight excluding hydrogens is 226 g/mol. The van der Waals surface area contributed by atoms with Crippen LogP contribution in [0.1, 0.15) is 25.0 Å². The van der Waals surface area contributed by atoms with Gasteiger partial charge in [-0.15, -0.1) is 0 Å². The number of ether oxygens (including phenoxy) is 2. The highest BCUT2D eigenvalue weighted by Gasteiger charge is 2.22. The molecule has 1 fully saturated rings. The van der Waals surface area contributed by atoms with Crippen LogP contribution in [0.5, 0.6) is 0 Å². The minimum atomic E-state index is -0.435. The highest BCUT2D eigenvalue weighted by molar-refractivity contribution is 5.21. The molecule has 3 heteroatoms. The minimum absolute atomic E-state index is 0.435. The van der Waals surface area contributed by atoms with E-state index < -0.39 is 5.79 Å². The molecule has 1 aliphatic rings. The standard InChI is InChI=1S/C15H23NO2/c1-13-4-6-14(7-5-13)12-16-8-10-17-15(2,3)18-11-9-16/h4-7H,8-12H2,1-3H3. The van der Waals surface area contributed by atoms with E-state index in [1.54, 1.807) is 0 Å². The van der Waals surface area contributed by atoms with Crippen LogP contribution in [-0.2, 0) is 16.0 Å². The van der Waals surface area contributed by atoms with Crippen LogP contribution in [0.4, 0.5) is 0 Å². The summed E-state index contributed by atoms with van der Waals surface area (Å²) in [6.45, 7) is 10.4. The molecule has 0 unspecified atom stereocenters. The Morgan fingerprint density at radius 1 is 1.06 bits per heavy atom. The quantitative estimate of drug-likeness (QED) is 0.804. The highest BCUT2D eigenvalue weighted by Crippen LogP contribution is 2.14. The molecule has 0 amide bonds. The zero-order valence-electron chi connectivity index (χ0n) is 11.6. The molecule has 1 aliphatic heterocycles. The lowest BCUT2D eigenvalue weighted by Crippen LogP contribution is -2.40. The van der Waals surface area contributed by atoms with Gasteiger partial charge in [0.25, 0.3) is 0 Å². The Labute approximate surface area is 110 Å². The molecular formula is C15H23NO2. The zero-order valence-corrected chi connectivity index (χ0v) is 11.6. The third-order valence-corrected chi connectivity index (χ3v) is 3.24. The van der Waals surface area contributed by atoms with Gasteiger partial charge in [0.1, 0.15) is 0 Å². The molecule has 1 aromatic rings. The summed E-state index contributed by atoms with van der Waals surface area (Å²) in [5, 5.41) is 0. The van der Waals surface area contributed by atoms with Gasteiger partial charge >= 0.3 is 0 Å². The maximum atomic E-state index is 5.69. The molecule has 3 nitrogen and oxygen atoms in total. The van der Waals surface area contributed by atoms with E-state index in [0.717, 1.165) is 32.8 Å². The van der Waals surface area contributed by atoms with Crippen molar-refractivity contribution in [1.29, 1.82) is 0 Å². The molecule has 100 valence electrons. The summed E-state index contributed by atoms with van der Waals surface area (Å²) in [4.78, 5) is 2.37. The summed E-state index contributed by atoms with van der Waals surface area (Å²) in [5.74, 6) is -0.435. The molecule has 1 heterocycles. The van der Waals surface area contributed by atoms with Gasteiger partial charge in [0.05, 0.1) is 13.2 Å². The molecule has 0 saturated carbocycles. The van der Waals surface area contributed by atoms with Gasteiger partial charge in [-0.25, -0.2) is 0 Å². The van der Waals surface area contributed by atoms with Crippen molar-refractivity contribution in [2.75, 3.05) is 26.3 Å². The summed E-state index contributed by atoms with van der Waals surface area (Å²) < 4.78 is 11.4. The van der Waals surface area contributed by atoms with Gasteiger partial charge in [0, 0.05) is 19.6 Å². The zero-order chi connectivity index (χ0) is 13.0. The Hall–Kier alpha value is -0.900. The summed E-state index contributed by atoms with van der Waals surface area (Å²) in [5.41, 5.74) is 2.65. The van der Waals surface area contributed by atoms with Crippen molar-refractivity contribution in [2.45, 2.75) is 33.1 Å². The Bertz CT molecular complexity index is 361. The van der Waals surface area contributed by atoms with Crippen molar-refractivity contribution in [3.63, 3.8) is 0 Å². The Morgan fingerprint density at radius 2 is 1.61 bits per heavy atom. The van der Waals surface area contributed by atoms with Crippen molar-refractivity contribution >= 4 is 0 Å².